The van der Waals surface area contributed by atoms with Gasteiger partial charge in [-0.1, -0.05) is 30.3 Å². The highest BCUT2D eigenvalue weighted by atomic mass is 32.2. The molecule has 106 valence electrons. The Bertz CT molecular complexity index is 354. The highest BCUT2D eigenvalue weighted by Crippen LogP contribution is 2.10. The molecule has 0 aromatic heterocycles. The molecule has 0 heterocycles. The normalized spacial score (nSPS) is 10.7. The van der Waals surface area contributed by atoms with E-state index in [9.17, 15) is 4.79 Å². The smallest absolute Gasteiger partial charge is 0.230 e. The molecule has 0 atom stereocenters. The van der Waals surface area contributed by atoms with Gasteiger partial charge in [0.25, 0.3) is 0 Å². The van der Waals surface area contributed by atoms with Crippen molar-refractivity contribution in [2.75, 3.05) is 18.9 Å². The fourth-order valence-corrected chi connectivity index (χ4v) is 2.32. The minimum Gasteiger partial charge on any atom is -0.379 e. The number of carbonyl (C=O) groups is 1. The van der Waals surface area contributed by atoms with E-state index in [2.05, 4.69) is 17.4 Å². The van der Waals surface area contributed by atoms with Crippen molar-refractivity contribution >= 4 is 17.7 Å². The lowest BCUT2D eigenvalue weighted by molar-refractivity contribution is -0.118. The second kappa shape index (κ2) is 9.87. The number of amides is 1. The summed E-state index contributed by atoms with van der Waals surface area (Å²) >= 11 is 1.64. The van der Waals surface area contributed by atoms with Crippen LogP contribution < -0.4 is 5.32 Å². The number of thioether (sulfide) groups is 1. The molecule has 0 fully saturated rings. The van der Waals surface area contributed by atoms with Crippen LogP contribution in [0.5, 0.6) is 0 Å². The first-order valence-electron chi connectivity index (χ1n) is 6.68. The summed E-state index contributed by atoms with van der Waals surface area (Å²) in [5, 5.41) is 2.90. The largest absolute Gasteiger partial charge is 0.379 e. The Morgan fingerprint density at radius 2 is 2.05 bits per heavy atom. The minimum atomic E-state index is 0.102. The molecule has 19 heavy (non-hydrogen) atoms. The molecule has 0 bridgehead atoms. The molecule has 1 aromatic rings. The van der Waals surface area contributed by atoms with Gasteiger partial charge in [-0.15, -0.1) is 11.8 Å². The molecule has 1 N–H and O–H groups in total. The standard InChI is InChI=1S/C15H23NO2S/c1-13(2)18-10-6-9-16-15(17)12-19-11-14-7-4-3-5-8-14/h3-5,7-8,13H,6,9-12H2,1-2H3,(H,16,17). The van der Waals surface area contributed by atoms with Crippen molar-refractivity contribution in [3.8, 4) is 0 Å². The summed E-state index contributed by atoms with van der Waals surface area (Å²) in [5.74, 6) is 1.50. The lowest BCUT2D eigenvalue weighted by Crippen LogP contribution is -2.27. The Kier molecular flexibility index (Phi) is 8.34. The molecule has 0 aliphatic heterocycles. The predicted octanol–water partition coefficient (Wildman–Crippen LogP) is 2.85. The number of hydrogen-bond acceptors (Lipinski definition) is 3. The Morgan fingerprint density at radius 3 is 2.74 bits per heavy atom. The van der Waals surface area contributed by atoms with E-state index in [1.165, 1.54) is 5.56 Å². The molecule has 4 heteroatoms. The molecule has 0 radical (unpaired) electrons. The van der Waals surface area contributed by atoms with Gasteiger partial charge in [-0.3, -0.25) is 4.79 Å². The third-order valence-electron chi connectivity index (χ3n) is 2.44. The van der Waals surface area contributed by atoms with Gasteiger partial charge in [0.2, 0.25) is 5.91 Å². The Hall–Kier alpha value is -1.00. The first-order chi connectivity index (χ1) is 9.18. The van der Waals surface area contributed by atoms with Gasteiger partial charge >= 0.3 is 0 Å². The molecule has 0 saturated heterocycles. The number of benzene rings is 1. The summed E-state index contributed by atoms with van der Waals surface area (Å²) in [6, 6.07) is 10.2. The maximum absolute atomic E-state index is 11.6. The molecule has 1 aromatic carbocycles. The van der Waals surface area contributed by atoms with Crippen molar-refractivity contribution in [3.63, 3.8) is 0 Å². The molecule has 1 amide bonds. The molecule has 1 rings (SSSR count). The summed E-state index contributed by atoms with van der Waals surface area (Å²) in [6.45, 7) is 5.42. The van der Waals surface area contributed by atoms with Crippen LogP contribution in [0, 0.1) is 0 Å². The van der Waals surface area contributed by atoms with E-state index in [-0.39, 0.29) is 12.0 Å². The van der Waals surface area contributed by atoms with Crippen molar-refractivity contribution in [2.45, 2.75) is 32.1 Å². The van der Waals surface area contributed by atoms with Gasteiger partial charge in [0.1, 0.15) is 0 Å². The lowest BCUT2D eigenvalue weighted by Gasteiger charge is -2.08. The maximum atomic E-state index is 11.6. The Labute approximate surface area is 120 Å². The van der Waals surface area contributed by atoms with E-state index in [1.54, 1.807) is 11.8 Å². The van der Waals surface area contributed by atoms with E-state index in [0.29, 0.717) is 18.9 Å². The molecule has 0 spiro atoms. The molecular formula is C15H23NO2S. The predicted molar refractivity (Wildman–Crippen MR) is 81.3 cm³/mol. The summed E-state index contributed by atoms with van der Waals surface area (Å²) in [4.78, 5) is 11.6. The molecule has 0 unspecified atom stereocenters. The van der Waals surface area contributed by atoms with E-state index >= 15 is 0 Å². The van der Waals surface area contributed by atoms with Crippen molar-refractivity contribution in [1.29, 1.82) is 0 Å². The lowest BCUT2D eigenvalue weighted by atomic mass is 10.2. The van der Waals surface area contributed by atoms with Crippen LogP contribution in [-0.4, -0.2) is 30.9 Å². The van der Waals surface area contributed by atoms with Gasteiger partial charge in [-0.2, -0.15) is 0 Å². The zero-order valence-corrected chi connectivity index (χ0v) is 12.5. The number of carbonyl (C=O) groups excluding carboxylic acids is 1. The average molecular weight is 281 g/mol. The third kappa shape index (κ3) is 8.67. The summed E-state index contributed by atoms with van der Waals surface area (Å²) < 4.78 is 5.41. The van der Waals surface area contributed by atoms with Crippen LogP contribution in [-0.2, 0) is 15.3 Å². The van der Waals surface area contributed by atoms with Crippen LogP contribution in [0.3, 0.4) is 0 Å². The molecule has 0 saturated carbocycles. The van der Waals surface area contributed by atoms with Crippen LogP contribution in [0.1, 0.15) is 25.8 Å². The molecule has 3 nitrogen and oxygen atoms in total. The molecule has 0 aliphatic rings. The van der Waals surface area contributed by atoms with E-state index in [0.717, 1.165) is 12.2 Å². The van der Waals surface area contributed by atoms with Crippen LogP contribution in [0.2, 0.25) is 0 Å². The number of ether oxygens (including phenoxy) is 1. The third-order valence-corrected chi connectivity index (χ3v) is 3.44. The fourth-order valence-electron chi connectivity index (χ4n) is 1.51. The Morgan fingerprint density at radius 1 is 1.32 bits per heavy atom. The van der Waals surface area contributed by atoms with Gasteiger partial charge in [0.05, 0.1) is 11.9 Å². The summed E-state index contributed by atoms with van der Waals surface area (Å²) in [6.07, 6.45) is 1.13. The fraction of sp³-hybridized carbons (Fsp3) is 0.533. The first-order valence-corrected chi connectivity index (χ1v) is 7.84. The Balaban J connectivity index is 1.99. The summed E-state index contributed by atoms with van der Waals surface area (Å²) in [7, 11) is 0. The van der Waals surface area contributed by atoms with Crippen molar-refractivity contribution in [3.05, 3.63) is 35.9 Å². The highest BCUT2D eigenvalue weighted by Gasteiger charge is 2.01. The quantitative estimate of drug-likeness (QED) is 0.707. The first kappa shape index (κ1) is 16.1. The monoisotopic (exact) mass is 281 g/mol. The van der Waals surface area contributed by atoms with Gasteiger partial charge in [-0.05, 0) is 25.8 Å². The zero-order chi connectivity index (χ0) is 13.9. The second-order valence-corrected chi connectivity index (χ2v) is 5.59. The number of nitrogens with one attached hydrogen (secondary N) is 1. The zero-order valence-electron chi connectivity index (χ0n) is 11.7. The molecular weight excluding hydrogens is 258 g/mol. The second-order valence-electron chi connectivity index (χ2n) is 4.60. The van der Waals surface area contributed by atoms with Gasteiger partial charge in [0, 0.05) is 18.9 Å². The van der Waals surface area contributed by atoms with E-state index < -0.39 is 0 Å². The average Bonchev–Trinajstić information content (AvgIpc) is 2.39. The van der Waals surface area contributed by atoms with Gasteiger partial charge in [0.15, 0.2) is 0 Å². The maximum Gasteiger partial charge on any atom is 0.230 e. The van der Waals surface area contributed by atoms with Gasteiger partial charge in [-0.25, -0.2) is 0 Å². The molecule has 0 aliphatic carbocycles. The number of rotatable bonds is 9. The van der Waals surface area contributed by atoms with Crippen molar-refractivity contribution in [2.24, 2.45) is 0 Å². The highest BCUT2D eigenvalue weighted by molar-refractivity contribution is 7.99. The number of hydrogen-bond donors (Lipinski definition) is 1. The summed E-state index contributed by atoms with van der Waals surface area (Å²) in [5.41, 5.74) is 1.26. The van der Waals surface area contributed by atoms with Gasteiger partial charge < -0.3 is 10.1 Å². The van der Waals surface area contributed by atoms with Crippen LogP contribution >= 0.6 is 11.8 Å². The van der Waals surface area contributed by atoms with Crippen LogP contribution in [0.15, 0.2) is 30.3 Å². The van der Waals surface area contributed by atoms with Crippen molar-refractivity contribution in [1.82, 2.24) is 5.32 Å². The van der Waals surface area contributed by atoms with Crippen molar-refractivity contribution < 1.29 is 9.53 Å². The SMILES string of the molecule is CC(C)OCCCNC(=O)CSCc1ccccc1. The van der Waals surface area contributed by atoms with Crippen LogP contribution in [0.4, 0.5) is 0 Å². The van der Waals surface area contributed by atoms with E-state index in [4.69, 9.17) is 4.74 Å². The van der Waals surface area contributed by atoms with Crippen LogP contribution in [0.25, 0.3) is 0 Å². The minimum absolute atomic E-state index is 0.102. The topological polar surface area (TPSA) is 38.3 Å². The van der Waals surface area contributed by atoms with E-state index in [1.807, 2.05) is 32.0 Å².